The van der Waals surface area contributed by atoms with Crippen LogP contribution in [-0.2, 0) is 15.8 Å². The highest BCUT2D eigenvalue weighted by atomic mass is 32.2. The van der Waals surface area contributed by atoms with Gasteiger partial charge in [-0.25, -0.2) is 13.4 Å². The van der Waals surface area contributed by atoms with E-state index in [1.165, 1.54) is 16.1 Å². The van der Waals surface area contributed by atoms with E-state index in [9.17, 15) is 13.2 Å². The summed E-state index contributed by atoms with van der Waals surface area (Å²) in [7, 11) is -3.61. The number of carbonyl (C=O) groups is 1. The third-order valence-corrected chi connectivity index (χ3v) is 8.51. The number of benzene rings is 1. The van der Waals surface area contributed by atoms with Gasteiger partial charge in [-0.3, -0.25) is 4.79 Å². The van der Waals surface area contributed by atoms with E-state index in [2.05, 4.69) is 15.5 Å². The maximum atomic E-state index is 13.2. The fourth-order valence-corrected chi connectivity index (χ4v) is 6.35. The Morgan fingerprint density at radius 2 is 1.94 bits per heavy atom. The van der Waals surface area contributed by atoms with Crippen molar-refractivity contribution in [2.75, 3.05) is 18.4 Å². The lowest BCUT2D eigenvalue weighted by atomic mass is 10.2. The van der Waals surface area contributed by atoms with E-state index in [4.69, 9.17) is 4.52 Å². The SMILES string of the molecule is Cc1cc(CSc2ncccc2C(=O)Nc2ccc(C)c(S(=O)(=O)N3CCCCC3)c2)no1. The number of sulfonamides is 1. The highest BCUT2D eigenvalue weighted by Crippen LogP contribution is 2.28. The Balaban J connectivity index is 1.53. The van der Waals surface area contributed by atoms with Gasteiger partial charge in [-0.1, -0.05) is 29.4 Å². The van der Waals surface area contributed by atoms with Crippen molar-refractivity contribution in [1.82, 2.24) is 14.4 Å². The average molecular weight is 487 g/mol. The second-order valence-corrected chi connectivity index (χ2v) is 10.8. The standard InChI is InChI=1S/C23H26N4O4S2/c1-16-8-9-18(14-21(16)33(29,30)27-11-4-3-5-12-27)25-22(28)20-7-6-10-24-23(20)32-15-19-13-17(2)31-26-19/h6-10,13-14H,3-5,11-12,15H2,1-2H3,(H,25,28). The van der Waals surface area contributed by atoms with Crippen molar-refractivity contribution in [3.8, 4) is 0 Å². The summed E-state index contributed by atoms with van der Waals surface area (Å²) in [4.78, 5) is 17.6. The van der Waals surface area contributed by atoms with E-state index >= 15 is 0 Å². The van der Waals surface area contributed by atoms with E-state index in [0.29, 0.717) is 40.7 Å². The normalized spacial score (nSPS) is 14.8. The van der Waals surface area contributed by atoms with E-state index in [1.807, 2.05) is 13.0 Å². The molecule has 3 aromatic rings. The van der Waals surface area contributed by atoms with E-state index < -0.39 is 10.0 Å². The van der Waals surface area contributed by atoms with Crippen LogP contribution >= 0.6 is 11.8 Å². The van der Waals surface area contributed by atoms with Crippen LogP contribution in [0.25, 0.3) is 0 Å². The summed E-state index contributed by atoms with van der Waals surface area (Å²) < 4.78 is 33.0. The molecule has 3 heterocycles. The van der Waals surface area contributed by atoms with Crippen molar-refractivity contribution in [1.29, 1.82) is 0 Å². The van der Waals surface area contributed by atoms with Gasteiger partial charge in [-0.05, 0) is 56.5 Å². The number of thioether (sulfide) groups is 1. The summed E-state index contributed by atoms with van der Waals surface area (Å²) in [5, 5.41) is 7.36. The van der Waals surface area contributed by atoms with E-state index in [-0.39, 0.29) is 10.8 Å². The van der Waals surface area contributed by atoms with Gasteiger partial charge in [0.1, 0.15) is 10.8 Å². The Morgan fingerprint density at radius 1 is 1.15 bits per heavy atom. The molecule has 1 aliphatic rings. The highest BCUT2D eigenvalue weighted by Gasteiger charge is 2.27. The predicted molar refractivity (Wildman–Crippen MR) is 127 cm³/mol. The first-order valence-electron chi connectivity index (χ1n) is 10.8. The first kappa shape index (κ1) is 23.5. The van der Waals surface area contributed by atoms with Crippen molar-refractivity contribution in [2.45, 2.75) is 48.8 Å². The number of amides is 1. The first-order chi connectivity index (χ1) is 15.8. The third kappa shape index (κ3) is 5.45. The summed E-state index contributed by atoms with van der Waals surface area (Å²) >= 11 is 1.38. The van der Waals surface area contributed by atoms with Crippen molar-refractivity contribution < 1.29 is 17.7 Å². The fourth-order valence-electron chi connectivity index (χ4n) is 3.71. The minimum absolute atomic E-state index is 0.226. The van der Waals surface area contributed by atoms with Gasteiger partial charge < -0.3 is 9.84 Å². The molecule has 0 unspecified atom stereocenters. The van der Waals surface area contributed by atoms with Crippen LogP contribution in [0.4, 0.5) is 5.69 Å². The molecule has 10 heteroatoms. The third-order valence-electron chi connectivity index (χ3n) is 5.43. The number of aromatic nitrogens is 2. The van der Waals surface area contributed by atoms with Crippen LogP contribution in [-0.4, -0.2) is 41.9 Å². The molecule has 1 aromatic carbocycles. The molecule has 0 saturated carbocycles. The van der Waals surface area contributed by atoms with Crippen molar-refractivity contribution in [3.63, 3.8) is 0 Å². The molecule has 1 fully saturated rings. The quantitative estimate of drug-likeness (QED) is 0.493. The zero-order valence-corrected chi connectivity index (χ0v) is 20.2. The Morgan fingerprint density at radius 3 is 2.67 bits per heavy atom. The molecule has 0 bridgehead atoms. The number of aryl methyl sites for hydroxylation is 2. The molecular weight excluding hydrogens is 460 g/mol. The number of rotatable bonds is 7. The van der Waals surface area contributed by atoms with Gasteiger partial charge in [-0.2, -0.15) is 4.31 Å². The minimum Gasteiger partial charge on any atom is -0.361 e. The number of piperidine rings is 1. The number of hydrogen-bond acceptors (Lipinski definition) is 7. The average Bonchev–Trinajstić information content (AvgIpc) is 3.24. The van der Waals surface area contributed by atoms with Crippen LogP contribution in [0, 0.1) is 13.8 Å². The Bertz CT molecular complexity index is 1250. The van der Waals surface area contributed by atoms with Crippen LogP contribution in [0.1, 0.15) is 46.6 Å². The first-order valence-corrected chi connectivity index (χ1v) is 13.2. The lowest BCUT2D eigenvalue weighted by molar-refractivity contribution is 0.102. The van der Waals surface area contributed by atoms with Gasteiger partial charge in [0, 0.05) is 36.8 Å². The predicted octanol–water partition coefficient (Wildman–Crippen LogP) is 4.41. The number of nitrogens with one attached hydrogen (secondary N) is 1. The molecule has 1 amide bonds. The van der Waals surface area contributed by atoms with Crippen molar-refractivity contribution in [3.05, 3.63) is 65.2 Å². The summed E-state index contributed by atoms with van der Waals surface area (Å²) in [6, 6.07) is 10.2. The molecule has 0 atom stereocenters. The highest BCUT2D eigenvalue weighted by molar-refractivity contribution is 7.98. The largest absolute Gasteiger partial charge is 0.361 e. The number of hydrogen-bond donors (Lipinski definition) is 1. The zero-order valence-electron chi connectivity index (χ0n) is 18.6. The number of pyridine rings is 1. The summed E-state index contributed by atoms with van der Waals surface area (Å²) in [5.74, 6) is 0.878. The Hall–Kier alpha value is -2.69. The van der Waals surface area contributed by atoms with E-state index in [1.54, 1.807) is 43.5 Å². The van der Waals surface area contributed by atoms with Gasteiger partial charge in [-0.15, -0.1) is 0 Å². The molecule has 0 spiro atoms. The van der Waals surface area contributed by atoms with Crippen molar-refractivity contribution >= 4 is 33.4 Å². The summed E-state index contributed by atoms with van der Waals surface area (Å²) in [6.07, 6.45) is 4.40. The Labute approximate surface area is 197 Å². The summed E-state index contributed by atoms with van der Waals surface area (Å²) in [6.45, 7) is 4.64. The molecule has 0 aliphatic carbocycles. The topological polar surface area (TPSA) is 105 Å². The second kappa shape index (κ2) is 10.1. The molecule has 0 radical (unpaired) electrons. The molecule has 4 rings (SSSR count). The maximum Gasteiger partial charge on any atom is 0.258 e. The lowest BCUT2D eigenvalue weighted by Crippen LogP contribution is -2.36. The van der Waals surface area contributed by atoms with Gasteiger partial charge in [0.2, 0.25) is 10.0 Å². The number of carbonyl (C=O) groups excluding carboxylic acids is 1. The van der Waals surface area contributed by atoms with Gasteiger partial charge in [0.15, 0.2) is 0 Å². The van der Waals surface area contributed by atoms with Gasteiger partial charge >= 0.3 is 0 Å². The maximum absolute atomic E-state index is 13.2. The fraction of sp³-hybridized carbons (Fsp3) is 0.348. The zero-order chi connectivity index (χ0) is 23.4. The molecule has 2 aromatic heterocycles. The molecule has 1 saturated heterocycles. The van der Waals surface area contributed by atoms with Gasteiger partial charge in [0.05, 0.1) is 16.2 Å². The molecule has 33 heavy (non-hydrogen) atoms. The summed E-state index contributed by atoms with van der Waals surface area (Å²) in [5.41, 5.74) is 2.25. The lowest BCUT2D eigenvalue weighted by Gasteiger charge is -2.26. The molecule has 1 aliphatic heterocycles. The van der Waals surface area contributed by atoms with Crippen LogP contribution in [0.15, 0.2) is 57.0 Å². The second-order valence-electron chi connectivity index (χ2n) is 7.97. The molecule has 174 valence electrons. The van der Waals surface area contributed by atoms with Crippen LogP contribution < -0.4 is 5.32 Å². The number of anilines is 1. The minimum atomic E-state index is -3.61. The van der Waals surface area contributed by atoms with Gasteiger partial charge in [0.25, 0.3) is 5.91 Å². The molecule has 8 nitrogen and oxygen atoms in total. The van der Waals surface area contributed by atoms with Crippen LogP contribution in [0.2, 0.25) is 0 Å². The smallest absolute Gasteiger partial charge is 0.258 e. The monoisotopic (exact) mass is 486 g/mol. The Kier molecular flexibility index (Phi) is 7.16. The van der Waals surface area contributed by atoms with Crippen LogP contribution in [0.3, 0.4) is 0 Å². The van der Waals surface area contributed by atoms with E-state index in [0.717, 1.165) is 30.7 Å². The molecule has 1 N–H and O–H groups in total. The number of nitrogens with zero attached hydrogens (tertiary/aromatic N) is 3. The van der Waals surface area contributed by atoms with Crippen LogP contribution in [0.5, 0.6) is 0 Å². The molecular formula is C23H26N4O4S2. The van der Waals surface area contributed by atoms with Crippen molar-refractivity contribution in [2.24, 2.45) is 0 Å².